The van der Waals surface area contributed by atoms with Crippen molar-refractivity contribution in [1.82, 2.24) is 4.98 Å². The molecule has 0 amide bonds. The quantitative estimate of drug-likeness (QED) is 0.671. The normalized spacial score (nSPS) is 10.5. The van der Waals surface area contributed by atoms with E-state index in [1.807, 2.05) is 18.5 Å². The summed E-state index contributed by atoms with van der Waals surface area (Å²) in [5.41, 5.74) is 4.05. The standard InChI is InChI=1S/C9H9NOS/c1-6-3-7-9(12-5-10-7)8(4-6)11-2/h3-5H,1-2H3. The lowest BCUT2D eigenvalue weighted by Gasteiger charge is -2.01. The molecule has 1 heterocycles. The molecule has 0 fully saturated rings. The molecule has 0 N–H and O–H groups in total. The Hall–Kier alpha value is -1.09. The molecule has 62 valence electrons. The molecule has 2 aromatic rings. The molecule has 0 unspecified atom stereocenters. The van der Waals surface area contributed by atoms with Gasteiger partial charge in [-0.3, -0.25) is 0 Å². The SMILES string of the molecule is COc1cc(C)cc2ncsc12. The third kappa shape index (κ3) is 1.06. The Balaban J connectivity index is 2.80. The van der Waals surface area contributed by atoms with Gasteiger partial charge in [-0.2, -0.15) is 0 Å². The number of hydrogen-bond acceptors (Lipinski definition) is 3. The molecular formula is C9H9NOS. The first kappa shape index (κ1) is 7.55. The fourth-order valence-electron chi connectivity index (χ4n) is 1.22. The number of methoxy groups -OCH3 is 1. The van der Waals surface area contributed by atoms with Crippen LogP contribution in [0.4, 0.5) is 0 Å². The molecule has 0 aliphatic carbocycles. The number of nitrogens with zero attached hydrogens (tertiary/aromatic N) is 1. The van der Waals surface area contributed by atoms with Crippen molar-refractivity contribution >= 4 is 21.6 Å². The molecule has 1 aromatic carbocycles. The van der Waals surface area contributed by atoms with E-state index in [0.717, 1.165) is 16.0 Å². The van der Waals surface area contributed by atoms with Crippen molar-refractivity contribution < 1.29 is 4.74 Å². The van der Waals surface area contributed by atoms with Crippen LogP contribution in [0.2, 0.25) is 0 Å². The Morgan fingerprint density at radius 3 is 3.00 bits per heavy atom. The van der Waals surface area contributed by atoms with Crippen molar-refractivity contribution in [3.63, 3.8) is 0 Å². The number of fused-ring (bicyclic) bond motifs is 1. The molecule has 0 aliphatic heterocycles. The van der Waals surface area contributed by atoms with Gasteiger partial charge in [0.2, 0.25) is 0 Å². The number of thiazole rings is 1. The summed E-state index contributed by atoms with van der Waals surface area (Å²) in [5, 5.41) is 0. The van der Waals surface area contributed by atoms with Crippen molar-refractivity contribution in [2.24, 2.45) is 0 Å². The second kappa shape index (κ2) is 2.75. The second-order valence-electron chi connectivity index (χ2n) is 2.67. The smallest absolute Gasteiger partial charge is 0.138 e. The number of hydrogen-bond donors (Lipinski definition) is 0. The van der Waals surface area contributed by atoms with Gasteiger partial charge >= 0.3 is 0 Å². The topological polar surface area (TPSA) is 22.1 Å². The van der Waals surface area contributed by atoms with Crippen LogP contribution in [0.3, 0.4) is 0 Å². The molecule has 2 rings (SSSR count). The number of rotatable bonds is 1. The molecule has 12 heavy (non-hydrogen) atoms. The van der Waals surface area contributed by atoms with E-state index >= 15 is 0 Å². The van der Waals surface area contributed by atoms with Crippen molar-refractivity contribution in [3.05, 3.63) is 23.2 Å². The van der Waals surface area contributed by atoms with Gasteiger partial charge in [0.25, 0.3) is 0 Å². The molecule has 0 aliphatic rings. The Bertz CT molecular complexity index is 408. The highest BCUT2D eigenvalue weighted by molar-refractivity contribution is 7.17. The Morgan fingerprint density at radius 2 is 2.25 bits per heavy atom. The molecule has 1 aromatic heterocycles. The van der Waals surface area contributed by atoms with Gasteiger partial charge in [-0.05, 0) is 24.6 Å². The highest BCUT2D eigenvalue weighted by Gasteiger charge is 2.03. The monoisotopic (exact) mass is 179 g/mol. The van der Waals surface area contributed by atoms with Crippen molar-refractivity contribution in [3.8, 4) is 5.75 Å². The lowest BCUT2D eigenvalue weighted by Crippen LogP contribution is -1.83. The van der Waals surface area contributed by atoms with Crippen molar-refractivity contribution in [1.29, 1.82) is 0 Å². The van der Waals surface area contributed by atoms with Gasteiger partial charge in [0.1, 0.15) is 5.75 Å². The molecule has 3 heteroatoms. The molecular weight excluding hydrogens is 170 g/mol. The zero-order valence-electron chi connectivity index (χ0n) is 7.00. The predicted molar refractivity (Wildman–Crippen MR) is 50.9 cm³/mol. The van der Waals surface area contributed by atoms with Gasteiger partial charge in [0.15, 0.2) is 0 Å². The van der Waals surface area contributed by atoms with E-state index in [-0.39, 0.29) is 0 Å². The maximum Gasteiger partial charge on any atom is 0.138 e. The van der Waals surface area contributed by atoms with Crippen LogP contribution in [-0.2, 0) is 0 Å². The maximum atomic E-state index is 5.24. The molecule has 2 nitrogen and oxygen atoms in total. The average Bonchev–Trinajstić information content (AvgIpc) is 2.50. The molecule has 0 saturated carbocycles. The first-order valence-corrected chi connectivity index (χ1v) is 4.57. The third-order valence-electron chi connectivity index (χ3n) is 1.76. The van der Waals surface area contributed by atoms with E-state index < -0.39 is 0 Å². The Labute approximate surface area is 74.8 Å². The van der Waals surface area contributed by atoms with Crippen LogP contribution < -0.4 is 4.74 Å². The van der Waals surface area contributed by atoms with E-state index in [1.54, 1.807) is 18.4 Å². The zero-order chi connectivity index (χ0) is 8.55. The van der Waals surface area contributed by atoms with Gasteiger partial charge in [-0.25, -0.2) is 4.98 Å². The van der Waals surface area contributed by atoms with Crippen molar-refractivity contribution in [2.75, 3.05) is 7.11 Å². The molecule has 0 bridgehead atoms. The molecule has 0 saturated heterocycles. The van der Waals surface area contributed by atoms with Crippen LogP contribution in [0.1, 0.15) is 5.56 Å². The minimum atomic E-state index is 0.924. The summed E-state index contributed by atoms with van der Waals surface area (Å²) in [6.07, 6.45) is 0. The summed E-state index contributed by atoms with van der Waals surface area (Å²) in [6.45, 7) is 2.04. The molecule has 0 radical (unpaired) electrons. The number of ether oxygens (including phenoxy) is 1. The number of aromatic nitrogens is 1. The van der Waals surface area contributed by atoms with Crippen LogP contribution in [0.25, 0.3) is 10.2 Å². The van der Waals surface area contributed by atoms with Crippen molar-refractivity contribution in [2.45, 2.75) is 6.92 Å². The minimum Gasteiger partial charge on any atom is -0.495 e. The highest BCUT2D eigenvalue weighted by atomic mass is 32.1. The summed E-state index contributed by atoms with van der Waals surface area (Å²) >= 11 is 1.61. The summed E-state index contributed by atoms with van der Waals surface area (Å²) in [5.74, 6) is 0.924. The zero-order valence-corrected chi connectivity index (χ0v) is 7.81. The fraction of sp³-hybridized carbons (Fsp3) is 0.222. The number of benzene rings is 1. The van der Waals surface area contributed by atoms with Crippen LogP contribution in [0.15, 0.2) is 17.6 Å². The van der Waals surface area contributed by atoms with Gasteiger partial charge in [0, 0.05) is 0 Å². The van der Waals surface area contributed by atoms with E-state index in [0.29, 0.717) is 0 Å². The lowest BCUT2D eigenvalue weighted by molar-refractivity contribution is 0.420. The average molecular weight is 179 g/mol. The summed E-state index contributed by atoms with van der Waals surface area (Å²) in [6, 6.07) is 4.09. The van der Waals surface area contributed by atoms with Crippen LogP contribution in [0.5, 0.6) is 5.75 Å². The van der Waals surface area contributed by atoms with E-state index in [9.17, 15) is 0 Å². The minimum absolute atomic E-state index is 0.924. The predicted octanol–water partition coefficient (Wildman–Crippen LogP) is 2.61. The van der Waals surface area contributed by atoms with Gasteiger partial charge in [0.05, 0.1) is 22.8 Å². The molecule has 0 spiro atoms. The summed E-state index contributed by atoms with van der Waals surface area (Å²) < 4.78 is 6.36. The van der Waals surface area contributed by atoms with Crippen LogP contribution >= 0.6 is 11.3 Å². The first-order chi connectivity index (χ1) is 5.81. The maximum absolute atomic E-state index is 5.24. The highest BCUT2D eigenvalue weighted by Crippen LogP contribution is 2.29. The Kier molecular flexibility index (Phi) is 1.73. The second-order valence-corrected chi connectivity index (χ2v) is 3.52. The van der Waals surface area contributed by atoms with Crippen LogP contribution in [0, 0.1) is 6.92 Å². The first-order valence-electron chi connectivity index (χ1n) is 3.69. The van der Waals surface area contributed by atoms with Crippen LogP contribution in [-0.4, -0.2) is 12.1 Å². The van der Waals surface area contributed by atoms with Gasteiger partial charge in [-0.15, -0.1) is 11.3 Å². The third-order valence-corrected chi connectivity index (χ3v) is 2.62. The fourth-order valence-corrected chi connectivity index (χ4v) is 1.99. The Morgan fingerprint density at radius 1 is 1.42 bits per heavy atom. The van der Waals surface area contributed by atoms with E-state index in [2.05, 4.69) is 11.1 Å². The largest absolute Gasteiger partial charge is 0.495 e. The molecule has 0 atom stereocenters. The number of aryl methyl sites for hydroxylation is 1. The van der Waals surface area contributed by atoms with Gasteiger partial charge < -0.3 is 4.74 Å². The van der Waals surface area contributed by atoms with Gasteiger partial charge in [-0.1, -0.05) is 0 Å². The van der Waals surface area contributed by atoms with E-state index in [1.165, 1.54) is 5.56 Å². The van der Waals surface area contributed by atoms with E-state index in [4.69, 9.17) is 4.74 Å². The summed E-state index contributed by atoms with van der Waals surface area (Å²) in [7, 11) is 1.69. The lowest BCUT2D eigenvalue weighted by atomic mass is 10.2. The summed E-state index contributed by atoms with van der Waals surface area (Å²) in [4.78, 5) is 4.23.